The number of rotatable bonds is 41. The maximum absolute atomic E-state index is 11.3. The average molecular weight is 1060 g/mol. The van der Waals surface area contributed by atoms with Gasteiger partial charge in [-0.1, -0.05) is 151 Å². The zero-order valence-electron chi connectivity index (χ0n) is 49.4. The number of phosphoric ester groups is 1. The van der Waals surface area contributed by atoms with Gasteiger partial charge in [-0.3, -0.25) is 8.88 Å². The van der Waals surface area contributed by atoms with E-state index in [0.29, 0.717) is 6.42 Å². The molecule has 9 heteroatoms. The van der Waals surface area contributed by atoms with Crippen LogP contribution in [0, 0.1) is 0 Å². The van der Waals surface area contributed by atoms with Crippen LogP contribution in [0.3, 0.4) is 0 Å². The Balaban J connectivity index is 4.33. The fraction of sp³-hybridized carbons (Fsp3) is 0.600. The SMILES string of the molecule is CC(C)=CCC/C(C)=C/CC/C(C)=C/CC/C(C)=C/CC/C(C)=C/CC/C(C)=C/CC/C(C)=C/CC/C(C)=C/CC/C(C)=C/CC/C(C)=C/CC/C(C)=C/CC/C(C)=C/CC/C(C)=C/COP(=O)([O-])OP(=O)([O-])[O-]. The Kier molecular flexibility index (Phi) is 41.1. The van der Waals surface area contributed by atoms with Gasteiger partial charge < -0.3 is 23.8 Å². The molecular weight excluding hydrogens is 955 g/mol. The molecule has 0 aliphatic rings. The van der Waals surface area contributed by atoms with Gasteiger partial charge in [0.15, 0.2) is 0 Å². The monoisotopic (exact) mass is 1060 g/mol. The number of hydrogen-bond acceptors (Lipinski definition) is 7. The molecule has 1 unspecified atom stereocenters. The fourth-order valence-corrected chi connectivity index (χ4v) is 9.66. The summed E-state index contributed by atoms with van der Waals surface area (Å²) in [5.74, 6) is 0. The number of allylic oxidation sites excluding steroid dienone is 25. The molecule has 0 radical (unpaired) electrons. The van der Waals surface area contributed by atoms with Gasteiger partial charge >= 0.3 is 0 Å². The van der Waals surface area contributed by atoms with Gasteiger partial charge in [0.25, 0.3) is 7.82 Å². The largest absolute Gasteiger partial charge is 0.790 e. The summed E-state index contributed by atoms with van der Waals surface area (Å²) in [4.78, 5) is 32.3. The van der Waals surface area contributed by atoms with E-state index in [1.165, 1.54) is 92.2 Å². The Morgan fingerprint density at radius 2 is 0.446 bits per heavy atom. The van der Waals surface area contributed by atoms with E-state index in [1.54, 1.807) is 0 Å². The van der Waals surface area contributed by atoms with Crippen LogP contribution in [0.25, 0.3) is 0 Å². The molecule has 0 saturated carbocycles. The van der Waals surface area contributed by atoms with Crippen LogP contribution in [-0.2, 0) is 18.0 Å². The van der Waals surface area contributed by atoms with Crippen molar-refractivity contribution < 1.29 is 32.6 Å². The first-order valence-corrected chi connectivity index (χ1v) is 31.0. The van der Waals surface area contributed by atoms with Crippen LogP contribution in [0.2, 0.25) is 0 Å². The zero-order valence-corrected chi connectivity index (χ0v) is 51.2. The van der Waals surface area contributed by atoms with Crippen LogP contribution in [0.15, 0.2) is 151 Å². The molecule has 7 nitrogen and oxygen atoms in total. The van der Waals surface area contributed by atoms with E-state index >= 15 is 0 Å². The van der Waals surface area contributed by atoms with Crippen LogP contribution in [0.5, 0.6) is 0 Å². The molecule has 0 bridgehead atoms. The Labute approximate surface area is 455 Å². The lowest BCUT2D eigenvalue weighted by Crippen LogP contribution is -2.19. The first kappa shape index (κ1) is 70.9. The van der Waals surface area contributed by atoms with Gasteiger partial charge in [-0.15, -0.1) is 0 Å². The molecule has 0 aromatic rings. The highest BCUT2D eigenvalue weighted by Gasteiger charge is 2.11. The van der Waals surface area contributed by atoms with Gasteiger partial charge in [0.1, 0.15) is 0 Å². The fourth-order valence-electron chi connectivity index (χ4n) is 8.24. The molecule has 0 spiro atoms. The summed E-state index contributed by atoms with van der Waals surface area (Å²) in [7, 11) is -10.9. The quantitative estimate of drug-likeness (QED) is 0.0441. The molecule has 420 valence electrons. The summed E-state index contributed by atoms with van der Waals surface area (Å²) in [5, 5.41) is 0. The Hall–Kier alpha value is -3.12. The standard InChI is InChI=1S/C65H108O7P2/c1-53(2)27-15-28-54(3)29-16-30-55(4)31-17-32-56(5)33-18-34-57(6)35-19-36-58(7)37-20-38-59(8)39-21-40-60(9)41-22-42-61(10)43-23-44-62(11)45-24-46-63(12)47-25-48-64(13)49-26-50-65(14)51-52-71-74(69,70)72-73(66,67)68/h27,29,31,33,35,37,39,41,43,45,47,49,51H,15-26,28,30,32,34,36,38,40,42,44,46,48,50,52H2,1-14H3,(H,69,70)(H2,66,67,68)/p-3/b54-29+,55-31+,56-33+,57-35+,58-37+,59-39+,60-41+,61-43+,62-45+,63-47+,64-49+,65-51+. The molecule has 0 aromatic carbocycles. The maximum atomic E-state index is 11.3. The maximum Gasteiger partial charge on any atom is 0.272 e. The summed E-state index contributed by atoms with van der Waals surface area (Å²) < 4.78 is 29.7. The van der Waals surface area contributed by atoms with Crippen molar-refractivity contribution in [2.24, 2.45) is 0 Å². The predicted molar refractivity (Wildman–Crippen MR) is 318 cm³/mol. The lowest BCUT2D eigenvalue weighted by Gasteiger charge is -2.34. The molecule has 0 saturated heterocycles. The van der Waals surface area contributed by atoms with Crippen LogP contribution in [-0.4, -0.2) is 6.61 Å². The lowest BCUT2D eigenvalue weighted by atomic mass is 10.0. The molecule has 74 heavy (non-hydrogen) atoms. The third-order valence-electron chi connectivity index (χ3n) is 13.3. The van der Waals surface area contributed by atoms with Gasteiger partial charge in [-0.05, 0) is 251 Å². The summed E-state index contributed by atoms with van der Waals surface area (Å²) >= 11 is 0. The summed E-state index contributed by atoms with van der Waals surface area (Å²) in [5.41, 5.74) is 18.5. The topological polar surface area (TPSA) is 122 Å². The molecule has 1 atom stereocenters. The van der Waals surface area contributed by atoms with Crippen LogP contribution >= 0.6 is 15.6 Å². The normalized spacial score (nSPS) is 15.9. The van der Waals surface area contributed by atoms with Crippen molar-refractivity contribution >= 4 is 15.6 Å². The van der Waals surface area contributed by atoms with Crippen LogP contribution < -0.4 is 14.7 Å². The number of hydrogen-bond donors (Lipinski definition) is 0. The minimum Gasteiger partial charge on any atom is -0.790 e. The second kappa shape index (κ2) is 42.9. The number of phosphoric acid groups is 2. The van der Waals surface area contributed by atoms with E-state index in [-0.39, 0.29) is 0 Å². The van der Waals surface area contributed by atoms with E-state index in [4.69, 9.17) is 0 Å². The van der Waals surface area contributed by atoms with Crippen molar-refractivity contribution in [3.05, 3.63) is 151 Å². The molecule has 0 rings (SSSR count). The summed E-state index contributed by atoms with van der Waals surface area (Å²) in [6, 6.07) is 0. The zero-order chi connectivity index (χ0) is 55.8. The van der Waals surface area contributed by atoms with Crippen molar-refractivity contribution in [1.29, 1.82) is 0 Å². The second-order valence-electron chi connectivity index (χ2n) is 21.6. The van der Waals surface area contributed by atoms with E-state index < -0.39 is 22.3 Å². The first-order chi connectivity index (χ1) is 34.8. The smallest absolute Gasteiger partial charge is 0.272 e. The van der Waals surface area contributed by atoms with Gasteiger partial charge in [0.2, 0.25) is 0 Å². The van der Waals surface area contributed by atoms with Gasteiger partial charge in [0.05, 0.1) is 14.4 Å². The van der Waals surface area contributed by atoms with Crippen molar-refractivity contribution in [3.8, 4) is 0 Å². The van der Waals surface area contributed by atoms with Crippen LogP contribution in [0.4, 0.5) is 0 Å². The van der Waals surface area contributed by atoms with Crippen molar-refractivity contribution in [1.82, 2.24) is 0 Å². The highest BCUT2D eigenvalue weighted by Crippen LogP contribution is 2.50. The molecule has 0 aliphatic carbocycles. The minimum atomic E-state index is -5.68. The van der Waals surface area contributed by atoms with E-state index in [0.717, 1.165) is 134 Å². The molecule has 0 heterocycles. The third-order valence-corrected chi connectivity index (χ3v) is 15.4. The van der Waals surface area contributed by atoms with E-state index in [1.807, 2.05) is 6.92 Å². The van der Waals surface area contributed by atoms with Crippen LogP contribution in [0.1, 0.15) is 251 Å². The first-order valence-electron chi connectivity index (χ1n) is 28.1. The molecule has 0 aromatic heterocycles. The van der Waals surface area contributed by atoms with Gasteiger partial charge in [0, 0.05) is 0 Å². The third kappa shape index (κ3) is 47.3. The Bertz CT molecular complexity index is 2130. The molecule has 0 N–H and O–H groups in total. The minimum absolute atomic E-state index is 0.393. The van der Waals surface area contributed by atoms with Gasteiger partial charge in [-0.2, -0.15) is 0 Å². The predicted octanol–water partition coefficient (Wildman–Crippen LogP) is 20.0. The molecular formula is C65H105O7P2-3. The average Bonchev–Trinajstić information content (AvgIpc) is 3.28. The molecule has 0 aliphatic heterocycles. The van der Waals surface area contributed by atoms with Crippen molar-refractivity contribution in [3.63, 3.8) is 0 Å². The van der Waals surface area contributed by atoms with E-state index in [9.17, 15) is 23.8 Å². The summed E-state index contributed by atoms with van der Waals surface area (Å²) in [6.45, 7) is 30.7. The second-order valence-corrected chi connectivity index (χ2v) is 24.3. The van der Waals surface area contributed by atoms with E-state index in [2.05, 4.69) is 172 Å². The molecule has 0 amide bonds. The van der Waals surface area contributed by atoms with Crippen molar-refractivity contribution in [2.75, 3.05) is 6.61 Å². The lowest BCUT2D eigenvalue weighted by molar-refractivity contribution is -0.339. The highest BCUT2D eigenvalue weighted by molar-refractivity contribution is 7.58. The Morgan fingerprint density at radius 3 is 0.608 bits per heavy atom. The summed E-state index contributed by atoms with van der Waals surface area (Å²) in [6.07, 6.45) is 56.4. The van der Waals surface area contributed by atoms with Crippen molar-refractivity contribution in [2.45, 2.75) is 251 Å². The van der Waals surface area contributed by atoms with Gasteiger partial charge in [-0.25, -0.2) is 0 Å². The molecule has 0 fully saturated rings. The Morgan fingerprint density at radius 1 is 0.284 bits per heavy atom. The highest BCUT2D eigenvalue weighted by atomic mass is 31.3.